The number of rotatable bonds is 5. The molecule has 0 unspecified atom stereocenters. The fourth-order valence-corrected chi connectivity index (χ4v) is 7.81. The Morgan fingerprint density at radius 3 is 2.42 bits per heavy atom. The molecule has 0 aliphatic carbocycles. The van der Waals surface area contributed by atoms with Crippen LogP contribution in [0.15, 0.2) is 112 Å². The Kier molecular flexibility index (Phi) is 9.03. The number of anilines is 1. The highest BCUT2D eigenvalue weighted by Crippen LogP contribution is 2.48. The number of thioether (sulfide) groups is 1. The maximum Gasteiger partial charge on any atom is 0.271 e. The van der Waals surface area contributed by atoms with E-state index in [0.29, 0.717) is 6.54 Å². The number of pyridine rings is 1. The minimum Gasteiger partial charge on any atom is -0.744 e. The normalized spacial score (nSPS) is 14.4. The highest BCUT2D eigenvalue weighted by molar-refractivity contribution is 8.08. The smallest absolute Gasteiger partial charge is 0.271 e. The number of thiazole rings is 1. The van der Waals surface area contributed by atoms with E-state index in [2.05, 4.69) is 71.6 Å². The van der Waals surface area contributed by atoms with Crippen LogP contribution >= 0.6 is 23.1 Å². The number of aryl methyl sites for hydroxylation is 1. The van der Waals surface area contributed by atoms with Crippen LogP contribution in [0.25, 0.3) is 21.9 Å². The molecule has 0 spiro atoms. The summed E-state index contributed by atoms with van der Waals surface area (Å²) in [4.78, 5) is 16.6. The van der Waals surface area contributed by atoms with Gasteiger partial charge in [-0.1, -0.05) is 66.4 Å². The first-order chi connectivity index (χ1) is 20.6. The van der Waals surface area contributed by atoms with Gasteiger partial charge in [0.2, 0.25) is 5.69 Å². The number of allylic oxidation sites excluding steroid dienone is 1. The van der Waals surface area contributed by atoms with Gasteiger partial charge >= 0.3 is 0 Å². The predicted molar refractivity (Wildman–Crippen MR) is 175 cm³/mol. The zero-order valence-corrected chi connectivity index (χ0v) is 26.5. The molecule has 0 saturated heterocycles. The minimum atomic E-state index is -4.27. The summed E-state index contributed by atoms with van der Waals surface area (Å²) in [5.74, 6) is 0. The number of nitrogens with zero attached hydrogens (tertiary/aromatic N) is 3. The fourth-order valence-electron chi connectivity index (χ4n) is 4.86. The first-order valence-corrected chi connectivity index (χ1v) is 16.7. The summed E-state index contributed by atoms with van der Waals surface area (Å²) in [5.41, 5.74) is 3.23. The molecular weight excluding hydrogens is 599 g/mol. The monoisotopic (exact) mass is 629 g/mol. The number of benzene rings is 3. The molecule has 7 nitrogen and oxygen atoms in total. The van der Waals surface area contributed by atoms with Gasteiger partial charge in [-0.2, -0.15) is 4.57 Å². The molecule has 0 saturated carbocycles. The topological polar surface area (TPSA) is 86.3 Å². The summed E-state index contributed by atoms with van der Waals surface area (Å²) >= 11 is 3.25. The molecular formula is C33H31N3O4S3. The van der Waals surface area contributed by atoms with Crippen molar-refractivity contribution in [3.8, 4) is 0 Å². The maximum absolute atomic E-state index is 13.4. The molecule has 0 atom stereocenters. The van der Waals surface area contributed by atoms with E-state index in [1.165, 1.54) is 33.5 Å². The highest BCUT2D eigenvalue weighted by Gasteiger charge is 2.26. The van der Waals surface area contributed by atoms with Crippen molar-refractivity contribution in [1.29, 1.82) is 0 Å². The van der Waals surface area contributed by atoms with Crippen LogP contribution in [-0.4, -0.2) is 24.6 Å². The van der Waals surface area contributed by atoms with E-state index in [0.717, 1.165) is 32.0 Å². The molecule has 0 N–H and O–H groups in total. The summed E-state index contributed by atoms with van der Waals surface area (Å²) < 4.78 is 36.9. The van der Waals surface area contributed by atoms with Crippen LogP contribution in [0.1, 0.15) is 18.2 Å². The lowest BCUT2D eigenvalue weighted by atomic mass is 10.1. The third-order valence-electron chi connectivity index (χ3n) is 7.02. The van der Waals surface area contributed by atoms with Gasteiger partial charge in [0.05, 0.1) is 10.6 Å². The van der Waals surface area contributed by atoms with Crippen LogP contribution in [0.3, 0.4) is 0 Å². The Bertz CT molecular complexity index is 2120. The average molecular weight is 630 g/mol. The zero-order chi connectivity index (χ0) is 30.7. The molecule has 2 aromatic heterocycles. The van der Waals surface area contributed by atoms with Gasteiger partial charge in [0.15, 0.2) is 12.7 Å². The van der Waals surface area contributed by atoms with Gasteiger partial charge in [-0.15, -0.1) is 11.3 Å². The van der Waals surface area contributed by atoms with E-state index in [9.17, 15) is 17.8 Å². The number of hydrogen-bond donors (Lipinski definition) is 0. The molecule has 3 aromatic carbocycles. The third kappa shape index (κ3) is 6.37. The van der Waals surface area contributed by atoms with Crippen molar-refractivity contribution in [2.24, 2.45) is 0 Å². The molecule has 1 aliphatic rings. The molecule has 5 aromatic rings. The van der Waals surface area contributed by atoms with Crippen molar-refractivity contribution in [3.05, 3.63) is 129 Å². The Labute approximate surface area is 259 Å². The lowest BCUT2D eigenvalue weighted by Crippen LogP contribution is -2.37. The quantitative estimate of drug-likeness (QED) is 0.161. The van der Waals surface area contributed by atoms with Crippen LogP contribution in [0.4, 0.5) is 5.69 Å². The zero-order valence-electron chi connectivity index (χ0n) is 24.1. The van der Waals surface area contributed by atoms with Crippen LogP contribution in [0.2, 0.25) is 0 Å². The van der Waals surface area contributed by atoms with Gasteiger partial charge in [-0.05, 0) is 49.6 Å². The summed E-state index contributed by atoms with van der Waals surface area (Å²) in [6.45, 7) is 9.06. The van der Waals surface area contributed by atoms with Gasteiger partial charge in [0, 0.05) is 42.1 Å². The number of aromatic nitrogens is 2. The summed E-state index contributed by atoms with van der Waals surface area (Å²) in [6.07, 6.45) is 6.02. The largest absolute Gasteiger partial charge is 0.744 e. The second kappa shape index (κ2) is 12.7. The van der Waals surface area contributed by atoms with Crippen molar-refractivity contribution in [2.75, 3.05) is 11.9 Å². The Morgan fingerprint density at radius 1 is 1.00 bits per heavy atom. The predicted octanol–water partition coefficient (Wildman–Crippen LogP) is 4.59. The Balaban J connectivity index is 0.000000283. The average Bonchev–Trinajstić information content (AvgIpc) is 3.49. The summed E-state index contributed by atoms with van der Waals surface area (Å²) in [5, 5.41) is 3.42. The molecule has 0 fully saturated rings. The van der Waals surface area contributed by atoms with Crippen molar-refractivity contribution in [2.45, 2.75) is 36.7 Å². The van der Waals surface area contributed by atoms with Crippen molar-refractivity contribution in [1.82, 2.24) is 4.57 Å². The summed E-state index contributed by atoms with van der Waals surface area (Å²) in [7, 11) is -2.21. The number of fused-ring (bicyclic) bond motifs is 3. The lowest BCUT2D eigenvalue weighted by Gasteiger charge is -2.15. The number of hydrogen-bond acceptors (Lipinski definition) is 7. The SMILES string of the molecule is C=CC[n+]1ccccc1/C=c1\s/c(=C2/Sc3ccc4ccccc4c3N2C)c(=O)n1CC.Cc1ccc(S(=O)(=O)[O-])cc1. The van der Waals surface area contributed by atoms with Gasteiger partial charge in [-0.3, -0.25) is 9.36 Å². The van der Waals surface area contributed by atoms with Crippen molar-refractivity contribution >= 4 is 60.8 Å². The van der Waals surface area contributed by atoms with Gasteiger partial charge in [-0.25, -0.2) is 8.42 Å². The van der Waals surface area contributed by atoms with Crippen LogP contribution in [0.5, 0.6) is 0 Å². The van der Waals surface area contributed by atoms with Crippen LogP contribution in [-0.2, 0) is 23.2 Å². The standard InChI is InChI=1S/C26H24N3OS2.C7H8O3S/c1-4-15-28-16-9-8-11-19(28)17-22-29(5-2)25(30)24(32-22)26-27(3)23-20-12-7-6-10-18(20)13-14-21(23)31-26;1-6-2-4-7(5-3-6)11(8,9)10/h4,6-14,16-17H,1,5,15H2,2-3H3;2-5H,1H3,(H,8,9,10)/q+1;/p-1/b26-24+;. The summed E-state index contributed by atoms with van der Waals surface area (Å²) in [6, 6.07) is 24.6. The van der Waals surface area contributed by atoms with E-state index in [4.69, 9.17) is 0 Å². The third-order valence-corrected chi connectivity index (χ3v) is 10.3. The minimum absolute atomic E-state index is 0.0708. The molecule has 43 heavy (non-hydrogen) atoms. The Morgan fingerprint density at radius 2 is 1.72 bits per heavy atom. The highest BCUT2D eigenvalue weighted by atomic mass is 32.2. The molecule has 10 heteroatoms. The van der Waals surface area contributed by atoms with Crippen molar-refractivity contribution in [3.63, 3.8) is 0 Å². The first kappa shape index (κ1) is 30.5. The molecule has 220 valence electrons. The molecule has 1 aliphatic heterocycles. The molecule has 0 radical (unpaired) electrons. The first-order valence-electron chi connectivity index (χ1n) is 13.6. The van der Waals surface area contributed by atoms with E-state index in [-0.39, 0.29) is 10.5 Å². The van der Waals surface area contributed by atoms with Gasteiger partial charge in [0.25, 0.3) is 5.56 Å². The van der Waals surface area contributed by atoms with Gasteiger partial charge < -0.3 is 9.45 Å². The van der Waals surface area contributed by atoms with E-state index in [1.807, 2.05) is 42.8 Å². The van der Waals surface area contributed by atoms with Gasteiger partial charge in [0.1, 0.15) is 24.3 Å². The second-order valence-electron chi connectivity index (χ2n) is 9.90. The van der Waals surface area contributed by atoms with Crippen LogP contribution in [0, 0.1) is 6.92 Å². The fraction of sp³-hybridized carbons (Fsp3) is 0.152. The van der Waals surface area contributed by atoms with E-state index >= 15 is 0 Å². The van der Waals surface area contributed by atoms with Crippen molar-refractivity contribution < 1.29 is 17.5 Å². The molecule has 0 amide bonds. The molecule has 6 rings (SSSR count). The van der Waals surface area contributed by atoms with E-state index in [1.54, 1.807) is 35.2 Å². The Hall–Kier alpha value is -3.96. The van der Waals surface area contributed by atoms with E-state index < -0.39 is 10.1 Å². The lowest BCUT2D eigenvalue weighted by molar-refractivity contribution is -0.688. The maximum atomic E-state index is 13.4. The molecule has 0 bridgehead atoms. The molecule has 3 heterocycles. The van der Waals surface area contributed by atoms with Crippen LogP contribution < -0.4 is 24.2 Å². The second-order valence-corrected chi connectivity index (χ2v) is 13.3.